The number of carbonyl (C=O) groups is 1. The highest BCUT2D eigenvalue weighted by Gasteiger charge is 2.28. The molecule has 3 rings (SSSR count). The standard InChI is InChI=1S/C19H15ClN4O4S/c20-18-7-6-17(11-22-18)29(26,27)24(12-16-5-2-8-28-16)13-19(25)23-15-4-1-3-14(9-15)10-21/h1-9,11H,12-13H2,(H,23,25). The second-order valence-corrected chi connectivity index (χ2v) is 8.24. The Hall–Kier alpha value is -3.19. The first-order valence-corrected chi connectivity index (χ1v) is 10.1. The fraction of sp³-hybridized carbons (Fsp3) is 0.105. The largest absolute Gasteiger partial charge is 0.468 e. The second-order valence-electron chi connectivity index (χ2n) is 5.91. The van der Waals surface area contributed by atoms with Gasteiger partial charge in [0.05, 0.1) is 31.0 Å². The summed E-state index contributed by atoms with van der Waals surface area (Å²) in [5, 5.41) is 11.7. The zero-order valence-electron chi connectivity index (χ0n) is 14.9. The first-order chi connectivity index (χ1) is 13.9. The number of rotatable bonds is 7. The van der Waals surface area contributed by atoms with Crippen LogP contribution in [0, 0.1) is 11.3 Å². The molecule has 0 saturated heterocycles. The smallest absolute Gasteiger partial charge is 0.245 e. The van der Waals surface area contributed by atoms with Crippen LogP contribution in [0.15, 0.2) is 70.3 Å². The van der Waals surface area contributed by atoms with Crippen molar-refractivity contribution in [2.75, 3.05) is 11.9 Å². The fourth-order valence-corrected chi connectivity index (χ4v) is 3.91. The number of hydrogen-bond donors (Lipinski definition) is 1. The molecule has 0 aliphatic rings. The number of sulfonamides is 1. The van der Waals surface area contributed by atoms with E-state index in [1.165, 1.54) is 24.5 Å². The molecule has 1 aromatic carbocycles. The van der Waals surface area contributed by atoms with Gasteiger partial charge in [0.2, 0.25) is 15.9 Å². The summed E-state index contributed by atoms with van der Waals surface area (Å²) in [6.45, 7) is -0.619. The Morgan fingerprint density at radius 3 is 2.72 bits per heavy atom. The van der Waals surface area contributed by atoms with Crippen molar-refractivity contribution in [2.45, 2.75) is 11.4 Å². The van der Waals surface area contributed by atoms with Gasteiger partial charge in [-0.25, -0.2) is 13.4 Å². The van der Waals surface area contributed by atoms with Gasteiger partial charge in [-0.05, 0) is 42.5 Å². The van der Waals surface area contributed by atoms with Gasteiger partial charge in [0.15, 0.2) is 0 Å². The number of benzene rings is 1. The van der Waals surface area contributed by atoms with E-state index >= 15 is 0 Å². The van der Waals surface area contributed by atoms with E-state index in [0.29, 0.717) is 17.0 Å². The predicted octanol–water partition coefficient (Wildman–Crippen LogP) is 3.03. The first kappa shape index (κ1) is 20.5. The number of nitrogens with one attached hydrogen (secondary N) is 1. The number of anilines is 1. The van der Waals surface area contributed by atoms with Crippen molar-refractivity contribution >= 4 is 33.2 Å². The SMILES string of the molecule is N#Cc1cccc(NC(=O)CN(Cc2ccco2)S(=O)(=O)c2ccc(Cl)nc2)c1. The molecule has 2 aromatic heterocycles. The van der Waals surface area contributed by atoms with Crippen LogP contribution in [-0.4, -0.2) is 30.2 Å². The molecule has 10 heteroatoms. The van der Waals surface area contributed by atoms with E-state index in [4.69, 9.17) is 21.3 Å². The molecule has 1 N–H and O–H groups in total. The third-order valence-corrected chi connectivity index (χ3v) is 5.84. The van der Waals surface area contributed by atoms with Gasteiger partial charge < -0.3 is 9.73 Å². The molecule has 1 amide bonds. The van der Waals surface area contributed by atoms with Crippen molar-refractivity contribution in [2.24, 2.45) is 0 Å². The van der Waals surface area contributed by atoms with Crippen molar-refractivity contribution in [3.63, 3.8) is 0 Å². The molecule has 0 fully saturated rings. The Morgan fingerprint density at radius 2 is 2.07 bits per heavy atom. The minimum absolute atomic E-state index is 0.104. The van der Waals surface area contributed by atoms with Crippen molar-refractivity contribution in [1.29, 1.82) is 5.26 Å². The molecule has 2 heterocycles. The summed E-state index contributed by atoms with van der Waals surface area (Å²) in [5.41, 5.74) is 0.757. The lowest BCUT2D eigenvalue weighted by atomic mass is 10.2. The maximum atomic E-state index is 13.0. The zero-order chi connectivity index (χ0) is 20.9. The average Bonchev–Trinajstić information content (AvgIpc) is 3.21. The molecule has 148 valence electrons. The molecule has 0 aliphatic carbocycles. The van der Waals surface area contributed by atoms with Crippen LogP contribution in [-0.2, 0) is 21.4 Å². The molecule has 8 nitrogen and oxygen atoms in total. The van der Waals surface area contributed by atoms with Gasteiger partial charge in [0.1, 0.15) is 15.8 Å². The number of pyridine rings is 1. The van der Waals surface area contributed by atoms with Crippen LogP contribution < -0.4 is 5.32 Å². The number of carbonyl (C=O) groups excluding carboxylic acids is 1. The van der Waals surface area contributed by atoms with Gasteiger partial charge in [0, 0.05) is 11.9 Å². The number of furan rings is 1. The Kier molecular flexibility index (Phi) is 6.29. The van der Waals surface area contributed by atoms with Crippen LogP contribution >= 0.6 is 11.6 Å². The van der Waals surface area contributed by atoms with Gasteiger partial charge in [-0.3, -0.25) is 4.79 Å². The number of aromatic nitrogens is 1. The lowest BCUT2D eigenvalue weighted by molar-refractivity contribution is -0.116. The van der Waals surface area contributed by atoms with E-state index in [1.807, 2.05) is 6.07 Å². The number of amides is 1. The quantitative estimate of drug-likeness (QED) is 0.576. The van der Waals surface area contributed by atoms with Crippen LogP contribution in [0.1, 0.15) is 11.3 Å². The summed E-state index contributed by atoms with van der Waals surface area (Å²) in [5.74, 6) is -0.202. The molecule has 0 saturated carbocycles. The van der Waals surface area contributed by atoms with E-state index in [2.05, 4.69) is 10.3 Å². The minimum atomic E-state index is -4.06. The van der Waals surface area contributed by atoms with E-state index in [1.54, 1.807) is 30.3 Å². The molecule has 0 unspecified atom stereocenters. The van der Waals surface area contributed by atoms with Crippen LogP contribution in [0.2, 0.25) is 5.15 Å². The van der Waals surface area contributed by atoms with Crippen molar-refractivity contribution in [3.8, 4) is 6.07 Å². The fourth-order valence-electron chi connectivity index (χ4n) is 2.49. The molecule has 0 radical (unpaired) electrons. The summed E-state index contributed by atoms with van der Waals surface area (Å²) in [4.78, 5) is 16.2. The summed E-state index contributed by atoms with van der Waals surface area (Å²) >= 11 is 5.73. The van der Waals surface area contributed by atoms with E-state index in [-0.39, 0.29) is 16.6 Å². The highest BCUT2D eigenvalue weighted by atomic mass is 35.5. The van der Waals surface area contributed by atoms with Gasteiger partial charge in [-0.2, -0.15) is 9.57 Å². The highest BCUT2D eigenvalue weighted by molar-refractivity contribution is 7.89. The topological polar surface area (TPSA) is 116 Å². The minimum Gasteiger partial charge on any atom is -0.468 e. The van der Waals surface area contributed by atoms with Gasteiger partial charge in [-0.15, -0.1) is 0 Å². The molecule has 0 aliphatic heterocycles. The predicted molar refractivity (Wildman–Crippen MR) is 105 cm³/mol. The Balaban J connectivity index is 1.84. The van der Waals surface area contributed by atoms with Gasteiger partial charge >= 0.3 is 0 Å². The molecule has 0 atom stereocenters. The van der Waals surface area contributed by atoms with Crippen LogP contribution in [0.25, 0.3) is 0 Å². The van der Waals surface area contributed by atoms with Crippen molar-refractivity contribution in [3.05, 3.63) is 77.5 Å². The molecular weight excluding hydrogens is 416 g/mol. The van der Waals surface area contributed by atoms with Gasteiger partial charge in [-0.1, -0.05) is 17.7 Å². The monoisotopic (exact) mass is 430 g/mol. The number of nitriles is 1. The number of nitrogens with zero attached hydrogens (tertiary/aromatic N) is 3. The Bertz CT molecular complexity index is 1140. The molecule has 0 spiro atoms. The Morgan fingerprint density at radius 1 is 1.24 bits per heavy atom. The molecule has 0 bridgehead atoms. The third kappa shape index (κ3) is 5.20. The summed E-state index contributed by atoms with van der Waals surface area (Å²) in [6.07, 6.45) is 2.54. The van der Waals surface area contributed by atoms with E-state index < -0.39 is 22.5 Å². The maximum Gasteiger partial charge on any atom is 0.245 e. The second kappa shape index (κ2) is 8.87. The van der Waals surface area contributed by atoms with Crippen LogP contribution in [0.4, 0.5) is 5.69 Å². The lowest BCUT2D eigenvalue weighted by Gasteiger charge is -2.20. The Labute approximate surface area is 172 Å². The van der Waals surface area contributed by atoms with Crippen molar-refractivity contribution < 1.29 is 17.6 Å². The van der Waals surface area contributed by atoms with Crippen LogP contribution in [0.3, 0.4) is 0 Å². The third-order valence-electron chi connectivity index (χ3n) is 3.85. The normalized spacial score (nSPS) is 11.2. The number of halogens is 1. The lowest BCUT2D eigenvalue weighted by Crippen LogP contribution is -2.37. The van der Waals surface area contributed by atoms with E-state index in [9.17, 15) is 13.2 Å². The number of hydrogen-bond acceptors (Lipinski definition) is 6. The molecular formula is C19H15ClN4O4S. The first-order valence-electron chi connectivity index (χ1n) is 8.32. The molecule has 29 heavy (non-hydrogen) atoms. The van der Waals surface area contributed by atoms with E-state index in [0.717, 1.165) is 10.5 Å². The molecule has 3 aromatic rings. The maximum absolute atomic E-state index is 13.0. The van der Waals surface area contributed by atoms with Crippen molar-refractivity contribution in [1.82, 2.24) is 9.29 Å². The summed E-state index contributed by atoms with van der Waals surface area (Å²) in [6, 6.07) is 14.2. The summed E-state index contributed by atoms with van der Waals surface area (Å²) < 4.78 is 32.3. The highest BCUT2D eigenvalue weighted by Crippen LogP contribution is 2.20. The summed E-state index contributed by atoms with van der Waals surface area (Å²) in [7, 11) is -4.06. The van der Waals surface area contributed by atoms with Crippen LogP contribution in [0.5, 0.6) is 0 Å². The average molecular weight is 431 g/mol. The van der Waals surface area contributed by atoms with Gasteiger partial charge in [0.25, 0.3) is 0 Å². The zero-order valence-corrected chi connectivity index (χ0v) is 16.5.